The number of nitrogens with zero attached hydrogens (tertiary/aromatic N) is 2. The predicted octanol–water partition coefficient (Wildman–Crippen LogP) is 4.58. The maximum Gasteiger partial charge on any atom is 0.326 e. The molecule has 0 aromatic heterocycles. The molecule has 1 N–H and O–H groups in total. The van der Waals surface area contributed by atoms with Gasteiger partial charge in [0.25, 0.3) is 0 Å². The van der Waals surface area contributed by atoms with Crippen molar-refractivity contribution in [3.63, 3.8) is 0 Å². The zero-order valence-corrected chi connectivity index (χ0v) is 19.9. The smallest absolute Gasteiger partial charge is 0.326 e. The summed E-state index contributed by atoms with van der Waals surface area (Å²) in [5.74, 6) is -1.95. The van der Waals surface area contributed by atoms with Crippen LogP contribution in [0.2, 0.25) is 0 Å². The number of carboxylic acids is 1. The van der Waals surface area contributed by atoms with Gasteiger partial charge in [0.15, 0.2) is 0 Å². The second-order valence-electron chi connectivity index (χ2n) is 9.20. The van der Waals surface area contributed by atoms with E-state index in [1.807, 2.05) is 67.7 Å². The lowest BCUT2D eigenvalue weighted by Gasteiger charge is -2.28. The molecule has 0 spiro atoms. The minimum atomic E-state index is -0.972. The molecule has 0 unspecified atom stereocenters. The molecule has 4 rings (SSSR count). The summed E-state index contributed by atoms with van der Waals surface area (Å²) in [6.07, 6.45) is 2.07. The standard InChI is InChI=1S/C29H31FN2O3/c1-31(18-8-9-21-14-16-24(30)17-15-21)25-19-26(29(34)35)32(20-25)28(33)27(22-10-4-2-5-11-22)23-12-6-3-7-13-23/h2-7,10-17,25-27H,8-9,18-20H2,1H3,(H,34,35)/t25-,26-/m0/s1. The van der Waals surface area contributed by atoms with E-state index >= 15 is 0 Å². The number of benzene rings is 3. The quantitative estimate of drug-likeness (QED) is 0.493. The minimum absolute atomic E-state index is 0.0412. The van der Waals surface area contributed by atoms with Gasteiger partial charge in [-0.05, 0) is 61.7 Å². The van der Waals surface area contributed by atoms with Gasteiger partial charge in [-0.25, -0.2) is 9.18 Å². The Bertz CT molecular complexity index is 1080. The monoisotopic (exact) mass is 474 g/mol. The van der Waals surface area contributed by atoms with Crippen LogP contribution < -0.4 is 0 Å². The van der Waals surface area contributed by atoms with Crippen molar-refractivity contribution in [3.05, 3.63) is 107 Å². The first-order valence-electron chi connectivity index (χ1n) is 12.0. The number of carboxylic acid groups (broad SMARTS) is 1. The van der Waals surface area contributed by atoms with Crippen LogP contribution in [0.15, 0.2) is 84.9 Å². The molecular weight excluding hydrogens is 443 g/mol. The molecule has 35 heavy (non-hydrogen) atoms. The van der Waals surface area contributed by atoms with Gasteiger partial charge in [0.2, 0.25) is 5.91 Å². The molecule has 1 amide bonds. The molecule has 2 atom stereocenters. The van der Waals surface area contributed by atoms with Gasteiger partial charge in [-0.15, -0.1) is 0 Å². The van der Waals surface area contributed by atoms with Crippen molar-refractivity contribution in [1.29, 1.82) is 0 Å². The third-order valence-electron chi connectivity index (χ3n) is 6.87. The van der Waals surface area contributed by atoms with E-state index < -0.39 is 17.9 Å². The lowest BCUT2D eigenvalue weighted by atomic mass is 9.90. The maximum atomic E-state index is 13.9. The van der Waals surface area contributed by atoms with Crippen LogP contribution in [-0.4, -0.2) is 59.0 Å². The Morgan fingerprint density at radius 1 is 0.971 bits per heavy atom. The van der Waals surface area contributed by atoms with Crippen molar-refractivity contribution in [2.75, 3.05) is 20.1 Å². The van der Waals surface area contributed by atoms with Crippen LogP contribution in [0.3, 0.4) is 0 Å². The van der Waals surface area contributed by atoms with Crippen LogP contribution in [-0.2, 0) is 16.0 Å². The first-order valence-corrected chi connectivity index (χ1v) is 12.0. The molecule has 0 radical (unpaired) electrons. The van der Waals surface area contributed by atoms with E-state index in [9.17, 15) is 19.1 Å². The molecule has 3 aromatic carbocycles. The highest BCUT2D eigenvalue weighted by atomic mass is 19.1. The van der Waals surface area contributed by atoms with Crippen LogP contribution >= 0.6 is 0 Å². The predicted molar refractivity (Wildman–Crippen MR) is 134 cm³/mol. The van der Waals surface area contributed by atoms with Crippen molar-refractivity contribution in [2.24, 2.45) is 0 Å². The molecule has 6 heteroatoms. The van der Waals surface area contributed by atoms with E-state index in [1.54, 1.807) is 17.0 Å². The van der Waals surface area contributed by atoms with Gasteiger partial charge >= 0.3 is 5.97 Å². The molecule has 0 aliphatic carbocycles. The maximum absolute atomic E-state index is 13.9. The van der Waals surface area contributed by atoms with Crippen LogP contribution in [0.25, 0.3) is 0 Å². The number of aryl methyl sites for hydroxylation is 1. The molecule has 3 aromatic rings. The summed E-state index contributed by atoms with van der Waals surface area (Å²) >= 11 is 0. The van der Waals surface area contributed by atoms with Gasteiger partial charge < -0.3 is 14.9 Å². The Balaban J connectivity index is 1.48. The SMILES string of the molecule is CN(CCCc1ccc(F)cc1)[C@H]1C[C@@H](C(=O)O)N(C(=O)C(c2ccccc2)c2ccccc2)C1. The molecule has 1 aliphatic heterocycles. The Morgan fingerprint density at radius 3 is 2.09 bits per heavy atom. The van der Waals surface area contributed by atoms with Crippen LogP contribution in [0.5, 0.6) is 0 Å². The first-order chi connectivity index (χ1) is 16.9. The van der Waals surface area contributed by atoms with Crippen molar-refractivity contribution in [2.45, 2.75) is 37.3 Å². The van der Waals surface area contributed by atoms with E-state index in [4.69, 9.17) is 0 Å². The highest BCUT2D eigenvalue weighted by Gasteiger charge is 2.43. The van der Waals surface area contributed by atoms with E-state index in [-0.39, 0.29) is 17.8 Å². The summed E-state index contributed by atoms with van der Waals surface area (Å²) in [5, 5.41) is 9.96. The molecule has 1 fully saturated rings. The Kier molecular flexibility index (Phi) is 7.93. The van der Waals surface area contributed by atoms with E-state index in [0.717, 1.165) is 36.1 Å². The van der Waals surface area contributed by atoms with Gasteiger partial charge in [-0.3, -0.25) is 4.79 Å². The van der Waals surface area contributed by atoms with Gasteiger partial charge in [0.05, 0.1) is 5.92 Å². The summed E-state index contributed by atoms with van der Waals surface area (Å²) < 4.78 is 13.1. The number of hydrogen-bond donors (Lipinski definition) is 1. The summed E-state index contributed by atoms with van der Waals surface area (Å²) in [6, 6.07) is 24.7. The zero-order valence-electron chi connectivity index (χ0n) is 19.9. The van der Waals surface area contributed by atoms with Gasteiger partial charge in [0.1, 0.15) is 11.9 Å². The van der Waals surface area contributed by atoms with Crippen molar-refractivity contribution in [1.82, 2.24) is 9.80 Å². The minimum Gasteiger partial charge on any atom is -0.480 e. The van der Waals surface area contributed by atoms with Crippen molar-refractivity contribution < 1.29 is 19.1 Å². The van der Waals surface area contributed by atoms with E-state index in [1.165, 1.54) is 12.1 Å². The fraction of sp³-hybridized carbons (Fsp3) is 0.310. The Morgan fingerprint density at radius 2 is 1.54 bits per heavy atom. The Hall–Kier alpha value is -3.51. The second kappa shape index (κ2) is 11.3. The van der Waals surface area contributed by atoms with E-state index in [2.05, 4.69) is 4.90 Å². The normalized spacial score (nSPS) is 17.8. The topological polar surface area (TPSA) is 60.9 Å². The largest absolute Gasteiger partial charge is 0.480 e. The molecular formula is C29H31FN2O3. The van der Waals surface area contributed by atoms with Gasteiger partial charge in [0, 0.05) is 12.6 Å². The summed E-state index contributed by atoms with van der Waals surface area (Å²) in [5.41, 5.74) is 2.77. The number of rotatable bonds is 9. The number of halogens is 1. The summed E-state index contributed by atoms with van der Waals surface area (Å²) in [7, 11) is 1.98. The number of aliphatic carboxylic acids is 1. The van der Waals surface area contributed by atoms with Crippen LogP contribution in [0.1, 0.15) is 35.4 Å². The average molecular weight is 475 g/mol. The van der Waals surface area contributed by atoms with Crippen LogP contribution in [0.4, 0.5) is 4.39 Å². The zero-order chi connectivity index (χ0) is 24.8. The van der Waals surface area contributed by atoms with E-state index in [0.29, 0.717) is 13.0 Å². The molecule has 1 saturated heterocycles. The number of likely N-dealkylation sites (N-methyl/N-ethyl adjacent to an activating group) is 1. The lowest BCUT2D eigenvalue weighted by Crippen LogP contribution is -2.43. The molecule has 5 nitrogen and oxygen atoms in total. The molecule has 182 valence electrons. The lowest BCUT2D eigenvalue weighted by molar-refractivity contribution is -0.148. The van der Waals surface area contributed by atoms with Crippen molar-refractivity contribution in [3.8, 4) is 0 Å². The molecule has 1 heterocycles. The number of likely N-dealkylation sites (tertiary alicyclic amines) is 1. The van der Waals surface area contributed by atoms with Gasteiger partial charge in [-0.2, -0.15) is 0 Å². The average Bonchev–Trinajstić information content (AvgIpc) is 3.33. The summed E-state index contributed by atoms with van der Waals surface area (Å²) in [4.78, 5) is 29.7. The highest BCUT2D eigenvalue weighted by molar-refractivity contribution is 5.91. The number of carbonyl (C=O) groups is 2. The number of amides is 1. The fourth-order valence-corrected chi connectivity index (χ4v) is 4.91. The summed E-state index contributed by atoms with van der Waals surface area (Å²) in [6.45, 7) is 1.14. The second-order valence-corrected chi connectivity index (χ2v) is 9.20. The number of carbonyl (C=O) groups excluding carboxylic acids is 1. The van der Waals surface area contributed by atoms with Crippen LogP contribution in [0, 0.1) is 5.82 Å². The third kappa shape index (κ3) is 5.95. The Labute approximate surface area is 205 Å². The molecule has 0 bridgehead atoms. The highest BCUT2D eigenvalue weighted by Crippen LogP contribution is 2.31. The number of hydrogen-bond acceptors (Lipinski definition) is 3. The molecule has 0 saturated carbocycles. The third-order valence-corrected chi connectivity index (χ3v) is 6.87. The van der Waals surface area contributed by atoms with Crippen molar-refractivity contribution >= 4 is 11.9 Å². The van der Waals surface area contributed by atoms with Gasteiger partial charge in [-0.1, -0.05) is 72.8 Å². The first kappa shape index (κ1) is 24.6. The fourth-order valence-electron chi connectivity index (χ4n) is 4.91. The molecule has 1 aliphatic rings.